The number of nitrogens with zero attached hydrogens (tertiary/aromatic N) is 1. The van der Waals surface area contributed by atoms with Gasteiger partial charge in [0.05, 0.1) is 23.3 Å². The second kappa shape index (κ2) is 8.76. The van der Waals surface area contributed by atoms with E-state index in [2.05, 4.69) is 0 Å². The van der Waals surface area contributed by atoms with Gasteiger partial charge >= 0.3 is 11.9 Å². The second-order valence-electron chi connectivity index (χ2n) is 7.75. The summed E-state index contributed by atoms with van der Waals surface area (Å²) in [6, 6.07) is 15.5. The Balaban J connectivity index is 1.49. The molecule has 0 bridgehead atoms. The predicted octanol–water partition coefficient (Wildman–Crippen LogP) is 4.09. The first-order chi connectivity index (χ1) is 14.1. The van der Waals surface area contributed by atoms with Crippen LogP contribution < -0.4 is 0 Å². The van der Waals surface area contributed by atoms with Crippen LogP contribution in [0.15, 0.2) is 54.6 Å². The van der Waals surface area contributed by atoms with Gasteiger partial charge in [0.2, 0.25) is 0 Å². The minimum absolute atomic E-state index is 0.103. The number of hydrogen-bond donors (Lipinski definition) is 1. The highest BCUT2D eigenvalue weighted by atomic mass is 16.7. The molecule has 2 atom stereocenters. The van der Waals surface area contributed by atoms with Gasteiger partial charge in [-0.2, -0.15) is 0 Å². The Hall–Kier alpha value is -2.70. The predicted molar refractivity (Wildman–Crippen MR) is 106 cm³/mol. The third kappa shape index (κ3) is 5.02. The average molecular weight is 395 g/mol. The average Bonchev–Trinajstić information content (AvgIpc) is 3.58. The summed E-state index contributed by atoms with van der Waals surface area (Å²) in [5.74, 6) is -0.662. The van der Waals surface area contributed by atoms with Gasteiger partial charge in [0.1, 0.15) is 0 Å². The Morgan fingerprint density at radius 2 is 1.69 bits per heavy atom. The summed E-state index contributed by atoms with van der Waals surface area (Å²) in [6.07, 6.45) is 4.08. The summed E-state index contributed by atoms with van der Waals surface area (Å²) in [4.78, 5) is 29.5. The number of ether oxygens (including phenoxy) is 1. The summed E-state index contributed by atoms with van der Waals surface area (Å²) in [7, 11) is 0. The van der Waals surface area contributed by atoms with Crippen molar-refractivity contribution in [3.8, 4) is 0 Å². The maximum absolute atomic E-state index is 12.6. The molecule has 0 spiro atoms. The number of rotatable bonds is 7. The van der Waals surface area contributed by atoms with E-state index in [4.69, 9.17) is 14.7 Å². The normalized spacial score (nSPS) is 22.2. The van der Waals surface area contributed by atoms with Gasteiger partial charge in [-0.05, 0) is 61.4 Å². The van der Waals surface area contributed by atoms with E-state index in [-0.39, 0.29) is 17.7 Å². The molecule has 2 aromatic rings. The molecule has 6 nitrogen and oxygen atoms in total. The first kappa shape index (κ1) is 19.6. The SMILES string of the molecule is O=C(O)c1ccc([C@@H]2C[C@@H](OCC3CC3)CCN2OC(=O)c2ccccc2)cc1. The van der Waals surface area contributed by atoms with Crippen LogP contribution in [0.1, 0.15) is 58.0 Å². The monoisotopic (exact) mass is 395 g/mol. The van der Waals surface area contributed by atoms with Crippen molar-refractivity contribution in [1.82, 2.24) is 5.06 Å². The summed E-state index contributed by atoms with van der Waals surface area (Å²) >= 11 is 0. The highest BCUT2D eigenvalue weighted by molar-refractivity contribution is 5.89. The fraction of sp³-hybridized carbons (Fsp3) is 0.391. The van der Waals surface area contributed by atoms with Crippen molar-refractivity contribution in [2.24, 2.45) is 5.92 Å². The number of hydrogen-bond acceptors (Lipinski definition) is 5. The molecule has 29 heavy (non-hydrogen) atoms. The van der Waals surface area contributed by atoms with Crippen LogP contribution in [-0.4, -0.2) is 41.4 Å². The van der Waals surface area contributed by atoms with Gasteiger partial charge < -0.3 is 14.7 Å². The van der Waals surface area contributed by atoms with E-state index < -0.39 is 11.9 Å². The smallest absolute Gasteiger partial charge is 0.357 e. The molecule has 1 N–H and O–H groups in total. The van der Waals surface area contributed by atoms with Crippen molar-refractivity contribution >= 4 is 11.9 Å². The highest BCUT2D eigenvalue weighted by Gasteiger charge is 2.34. The van der Waals surface area contributed by atoms with Crippen molar-refractivity contribution in [3.05, 3.63) is 71.3 Å². The molecule has 1 aliphatic carbocycles. The molecule has 0 radical (unpaired) electrons. The van der Waals surface area contributed by atoms with Crippen LogP contribution in [0, 0.1) is 5.92 Å². The maximum Gasteiger partial charge on any atom is 0.357 e. The van der Waals surface area contributed by atoms with E-state index in [1.54, 1.807) is 53.6 Å². The van der Waals surface area contributed by atoms with Crippen LogP contribution in [0.3, 0.4) is 0 Å². The molecule has 0 amide bonds. The topological polar surface area (TPSA) is 76.1 Å². The third-order valence-corrected chi connectivity index (χ3v) is 5.52. The van der Waals surface area contributed by atoms with Crippen molar-refractivity contribution in [2.75, 3.05) is 13.2 Å². The van der Waals surface area contributed by atoms with Gasteiger partial charge in [-0.15, -0.1) is 5.06 Å². The standard InChI is InChI=1S/C23H25NO5/c25-22(26)18-10-8-17(9-11-18)21-14-20(28-15-16-6-7-16)12-13-24(21)29-23(27)19-4-2-1-3-5-19/h1-5,8-11,16,20-21H,6-7,12-15H2,(H,25,26)/t20-,21-/m0/s1. The van der Waals surface area contributed by atoms with Crippen LogP contribution in [-0.2, 0) is 9.57 Å². The number of benzene rings is 2. The number of carbonyl (C=O) groups excluding carboxylic acids is 1. The molecule has 1 saturated heterocycles. The first-order valence-corrected chi connectivity index (χ1v) is 10.1. The molecular formula is C23H25NO5. The Bertz CT molecular complexity index is 847. The maximum atomic E-state index is 12.6. The number of carbonyl (C=O) groups is 2. The van der Waals surface area contributed by atoms with Crippen LogP contribution in [0.5, 0.6) is 0 Å². The molecule has 4 rings (SSSR count). The molecular weight excluding hydrogens is 370 g/mol. The van der Waals surface area contributed by atoms with Gasteiger partial charge in [-0.3, -0.25) is 0 Å². The lowest BCUT2D eigenvalue weighted by molar-refractivity contribution is -0.173. The quantitative estimate of drug-likeness (QED) is 0.761. The molecule has 0 aromatic heterocycles. The van der Waals surface area contributed by atoms with E-state index >= 15 is 0 Å². The molecule has 1 heterocycles. The molecule has 152 valence electrons. The Morgan fingerprint density at radius 1 is 0.966 bits per heavy atom. The van der Waals surface area contributed by atoms with Gasteiger partial charge in [-0.1, -0.05) is 30.3 Å². The van der Waals surface area contributed by atoms with E-state index in [0.717, 1.165) is 18.6 Å². The molecule has 2 aromatic carbocycles. The summed E-state index contributed by atoms with van der Waals surface area (Å²) in [6.45, 7) is 1.36. The lowest BCUT2D eigenvalue weighted by atomic mass is 9.94. The minimum Gasteiger partial charge on any atom is -0.478 e. The minimum atomic E-state index is -0.960. The van der Waals surface area contributed by atoms with Crippen molar-refractivity contribution < 1.29 is 24.3 Å². The van der Waals surface area contributed by atoms with Gasteiger partial charge in [0, 0.05) is 13.2 Å². The van der Waals surface area contributed by atoms with E-state index in [1.165, 1.54) is 12.8 Å². The fourth-order valence-electron chi connectivity index (χ4n) is 3.61. The van der Waals surface area contributed by atoms with Crippen molar-refractivity contribution in [3.63, 3.8) is 0 Å². The van der Waals surface area contributed by atoms with E-state index in [1.807, 2.05) is 6.07 Å². The lowest BCUT2D eigenvalue weighted by Gasteiger charge is -2.38. The lowest BCUT2D eigenvalue weighted by Crippen LogP contribution is -2.41. The molecule has 1 aliphatic heterocycles. The molecule has 0 unspecified atom stereocenters. The summed E-state index contributed by atoms with van der Waals surface area (Å²) < 4.78 is 6.10. The molecule has 1 saturated carbocycles. The van der Waals surface area contributed by atoms with Crippen LogP contribution in [0.2, 0.25) is 0 Å². The first-order valence-electron chi connectivity index (χ1n) is 10.1. The Labute approximate surface area is 170 Å². The molecule has 2 fully saturated rings. The van der Waals surface area contributed by atoms with Crippen molar-refractivity contribution in [1.29, 1.82) is 0 Å². The van der Waals surface area contributed by atoms with Crippen molar-refractivity contribution in [2.45, 2.75) is 37.8 Å². The van der Waals surface area contributed by atoms with E-state index in [0.29, 0.717) is 24.4 Å². The van der Waals surface area contributed by atoms with Gasteiger partial charge in [0.25, 0.3) is 0 Å². The molecule has 6 heteroatoms. The Morgan fingerprint density at radius 3 is 2.34 bits per heavy atom. The summed E-state index contributed by atoms with van der Waals surface area (Å²) in [5, 5.41) is 10.9. The zero-order chi connectivity index (χ0) is 20.2. The van der Waals surface area contributed by atoms with Crippen LogP contribution in [0.25, 0.3) is 0 Å². The second-order valence-corrected chi connectivity index (χ2v) is 7.75. The number of carboxylic acids is 1. The van der Waals surface area contributed by atoms with Crippen LogP contribution in [0.4, 0.5) is 0 Å². The van der Waals surface area contributed by atoms with Gasteiger partial charge in [0.15, 0.2) is 0 Å². The molecule has 2 aliphatic rings. The summed E-state index contributed by atoms with van der Waals surface area (Å²) in [5.41, 5.74) is 1.65. The fourth-order valence-corrected chi connectivity index (χ4v) is 3.61. The zero-order valence-electron chi connectivity index (χ0n) is 16.2. The van der Waals surface area contributed by atoms with E-state index in [9.17, 15) is 9.59 Å². The Kier molecular flexibility index (Phi) is 5.92. The highest BCUT2D eigenvalue weighted by Crippen LogP contribution is 2.35. The third-order valence-electron chi connectivity index (χ3n) is 5.52. The van der Waals surface area contributed by atoms with Gasteiger partial charge in [-0.25, -0.2) is 9.59 Å². The largest absolute Gasteiger partial charge is 0.478 e. The van der Waals surface area contributed by atoms with Crippen LogP contribution >= 0.6 is 0 Å². The number of carboxylic acid groups (broad SMARTS) is 1. The number of hydroxylamine groups is 2. The number of aromatic carboxylic acids is 1. The number of piperidine rings is 1. The zero-order valence-corrected chi connectivity index (χ0v) is 16.2.